The predicted molar refractivity (Wildman–Crippen MR) is 68.1 cm³/mol. The van der Waals surface area contributed by atoms with Crippen LogP contribution in [0.5, 0.6) is 0 Å². The van der Waals surface area contributed by atoms with Gasteiger partial charge in [-0.3, -0.25) is 10.1 Å². The lowest BCUT2D eigenvalue weighted by Crippen LogP contribution is -2.16. The van der Waals surface area contributed by atoms with Gasteiger partial charge < -0.3 is 10.3 Å². The molecule has 0 unspecified atom stereocenters. The number of hydrogen-bond donors (Lipinski definition) is 1. The molecule has 9 heteroatoms. The minimum Gasteiger partial charge on any atom is -0.337 e. The van der Waals surface area contributed by atoms with Crippen LogP contribution in [0.15, 0.2) is 16.7 Å². The van der Waals surface area contributed by atoms with Gasteiger partial charge >= 0.3 is 5.69 Å². The fraction of sp³-hybridized carbons (Fsp3) is 0.333. The molecule has 2 aromatic rings. The average molecular weight is 298 g/mol. The number of aromatic nitrogens is 2. The van der Waals surface area contributed by atoms with E-state index in [1.165, 1.54) is 0 Å². The Kier molecular flexibility index (Phi) is 3.94. The highest BCUT2D eigenvalue weighted by Gasteiger charge is 2.27. The minimum absolute atomic E-state index is 0.00491. The fourth-order valence-electron chi connectivity index (χ4n) is 1.64. The average Bonchev–Trinajstić information content (AvgIpc) is 2.86. The molecule has 21 heavy (non-hydrogen) atoms. The Balaban J connectivity index is 2.52. The van der Waals surface area contributed by atoms with Crippen LogP contribution in [0, 0.1) is 27.7 Å². The lowest BCUT2D eigenvalue weighted by molar-refractivity contribution is -0.387. The number of nitrogens with zero attached hydrogens (tertiary/aromatic N) is 3. The monoisotopic (exact) mass is 298 g/mol. The zero-order chi connectivity index (χ0) is 15.7. The summed E-state index contributed by atoms with van der Waals surface area (Å²) in [6, 6.07) is 0.903. The first kappa shape index (κ1) is 15.0. The molecule has 7 nitrogen and oxygen atoms in total. The highest BCUT2D eigenvalue weighted by atomic mass is 19.1. The Morgan fingerprint density at radius 1 is 1.38 bits per heavy atom. The van der Waals surface area contributed by atoms with Crippen molar-refractivity contribution in [3.63, 3.8) is 0 Å². The van der Waals surface area contributed by atoms with Crippen LogP contribution in [0.3, 0.4) is 0 Å². The van der Waals surface area contributed by atoms with E-state index in [1.807, 2.05) is 13.8 Å². The molecule has 0 aliphatic heterocycles. The molecule has 1 atom stereocenters. The second-order valence-corrected chi connectivity index (χ2v) is 4.74. The summed E-state index contributed by atoms with van der Waals surface area (Å²) in [5, 5.41) is 14.1. The summed E-state index contributed by atoms with van der Waals surface area (Å²) in [6.45, 7) is 3.62. The normalized spacial score (nSPS) is 12.7. The molecule has 0 amide bonds. The van der Waals surface area contributed by atoms with Gasteiger partial charge in [0.05, 0.1) is 11.0 Å². The largest absolute Gasteiger partial charge is 0.337 e. The zero-order valence-electron chi connectivity index (χ0n) is 11.2. The second kappa shape index (κ2) is 5.52. The first-order valence-corrected chi connectivity index (χ1v) is 6.04. The molecule has 0 aliphatic rings. The van der Waals surface area contributed by atoms with Gasteiger partial charge in [-0.2, -0.15) is 9.37 Å². The van der Waals surface area contributed by atoms with Crippen molar-refractivity contribution in [1.82, 2.24) is 10.1 Å². The summed E-state index contributed by atoms with van der Waals surface area (Å²) in [7, 11) is 0. The fourth-order valence-corrected chi connectivity index (χ4v) is 1.64. The summed E-state index contributed by atoms with van der Waals surface area (Å²) in [4.78, 5) is 13.5. The smallest absolute Gasteiger partial charge is 0.305 e. The van der Waals surface area contributed by atoms with Crippen LogP contribution in [0.25, 0.3) is 11.4 Å². The predicted octanol–water partition coefficient (Wildman–Crippen LogP) is 2.58. The van der Waals surface area contributed by atoms with E-state index in [0.717, 1.165) is 12.1 Å². The number of nitro groups is 1. The molecule has 2 N–H and O–H groups in total. The summed E-state index contributed by atoms with van der Waals surface area (Å²) in [6.07, 6.45) is 0. The van der Waals surface area contributed by atoms with Crippen LogP contribution in [0.2, 0.25) is 0 Å². The van der Waals surface area contributed by atoms with E-state index < -0.39 is 39.7 Å². The molecule has 0 radical (unpaired) electrons. The quantitative estimate of drug-likeness (QED) is 0.686. The van der Waals surface area contributed by atoms with Crippen LogP contribution in [0.4, 0.5) is 14.5 Å². The number of benzene rings is 1. The Morgan fingerprint density at radius 3 is 2.62 bits per heavy atom. The van der Waals surface area contributed by atoms with Gasteiger partial charge in [0.25, 0.3) is 0 Å². The van der Waals surface area contributed by atoms with Crippen LogP contribution in [0.1, 0.15) is 25.8 Å². The van der Waals surface area contributed by atoms with Crippen molar-refractivity contribution in [2.45, 2.75) is 19.9 Å². The highest BCUT2D eigenvalue weighted by molar-refractivity contribution is 5.61. The van der Waals surface area contributed by atoms with E-state index in [1.54, 1.807) is 0 Å². The van der Waals surface area contributed by atoms with Crippen LogP contribution in [-0.4, -0.2) is 15.1 Å². The molecule has 0 aliphatic carbocycles. The molecule has 2 rings (SSSR count). The van der Waals surface area contributed by atoms with Gasteiger partial charge in [0.1, 0.15) is 11.4 Å². The van der Waals surface area contributed by atoms with Gasteiger partial charge in [0, 0.05) is 6.07 Å². The number of halogens is 2. The Hall–Kier alpha value is -2.42. The third-order valence-corrected chi connectivity index (χ3v) is 2.94. The lowest BCUT2D eigenvalue weighted by atomic mass is 10.1. The second-order valence-electron chi connectivity index (χ2n) is 4.74. The first-order valence-electron chi connectivity index (χ1n) is 6.04. The maximum atomic E-state index is 14.0. The molecule has 1 heterocycles. The van der Waals surface area contributed by atoms with Crippen molar-refractivity contribution >= 4 is 5.69 Å². The van der Waals surface area contributed by atoms with Crippen molar-refractivity contribution in [1.29, 1.82) is 0 Å². The van der Waals surface area contributed by atoms with Crippen LogP contribution in [-0.2, 0) is 0 Å². The molecule has 112 valence electrons. The van der Waals surface area contributed by atoms with E-state index in [0.29, 0.717) is 0 Å². The number of nitrogens with two attached hydrogens (primary N) is 1. The molecular formula is C12H12F2N4O3. The third kappa shape index (κ3) is 2.72. The highest BCUT2D eigenvalue weighted by Crippen LogP contribution is 2.30. The zero-order valence-corrected chi connectivity index (χ0v) is 11.2. The topological polar surface area (TPSA) is 108 Å². The summed E-state index contributed by atoms with van der Waals surface area (Å²) < 4.78 is 32.6. The molecule has 0 saturated heterocycles. The van der Waals surface area contributed by atoms with Crippen molar-refractivity contribution < 1.29 is 18.2 Å². The Bertz CT molecular complexity index is 687. The Morgan fingerprint density at radius 2 is 2.05 bits per heavy atom. The Labute approximate surface area is 117 Å². The van der Waals surface area contributed by atoms with E-state index in [-0.39, 0.29) is 11.8 Å². The van der Waals surface area contributed by atoms with E-state index >= 15 is 0 Å². The van der Waals surface area contributed by atoms with Gasteiger partial charge in [-0.05, 0) is 12.0 Å². The van der Waals surface area contributed by atoms with Gasteiger partial charge in [-0.25, -0.2) is 4.39 Å². The third-order valence-electron chi connectivity index (χ3n) is 2.94. The van der Waals surface area contributed by atoms with Gasteiger partial charge in [0.15, 0.2) is 0 Å². The molecule has 0 fully saturated rings. The maximum absolute atomic E-state index is 14.0. The number of nitro benzene ring substituents is 1. The molecular weight excluding hydrogens is 286 g/mol. The lowest BCUT2D eigenvalue weighted by Gasteiger charge is -2.09. The molecule has 1 aromatic carbocycles. The molecule has 0 saturated carbocycles. The number of rotatable bonds is 4. The summed E-state index contributed by atoms with van der Waals surface area (Å²) in [5.74, 6) is -2.82. The van der Waals surface area contributed by atoms with Crippen molar-refractivity contribution in [3.8, 4) is 11.4 Å². The van der Waals surface area contributed by atoms with E-state index in [9.17, 15) is 18.9 Å². The van der Waals surface area contributed by atoms with Crippen molar-refractivity contribution in [2.75, 3.05) is 0 Å². The van der Waals surface area contributed by atoms with Crippen LogP contribution < -0.4 is 5.73 Å². The maximum Gasteiger partial charge on any atom is 0.305 e. The van der Waals surface area contributed by atoms with Crippen LogP contribution >= 0.6 is 0 Å². The van der Waals surface area contributed by atoms with Gasteiger partial charge in [0.2, 0.25) is 17.5 Å². The first-order chi connectivity index (χ1) is 9.82. The van der Waals surface area contributed by atoms with Crippen molar-refractivity contribution in [3.05, 3.63) is 39.8 Å². The van der Waals surface area contributed by atoms with E-state index in [4.69, 9.17) is 10.3 Å². The molecule has 1 aromatic heterocycles. The van der Waals surface area contributed by atoms with Gasteiger partial charge in [-0.15, -0.1) is 0 Å². The minimum atomic E-state index is -1.36. The summed E-state index contributed by atoms with van der Waals surface area (Å²) >= 11 is 0. The number of hydrogen-bond acceptors (Lipinski definition) is 6. The molecule has 0 bridgehead atoms. The van der Waals surface area contributed by atoms with E-state index in [2.05, 4.69) is 10.1 Å². The van der Waals surface area contributed by atoms with Gasteiger partial charge in [-0.1, -0.05) is 19.0 Å². The summed E-state index contributed by atoms with van der Waals surface area (Å²) in [5.41, 5.74) is 4.21. The van der Waals surface area contributed by atoms with Crippen molar-refractivity contribution in [2.24, 2.45) is 11.7 Å². The molecule has 0 spiro atoms. The SMILES string of the molecule is CC(C)[C@@H](N)c1nc(-c2c(F)ccc([N+](=O)[O-])c2F)no1. The standard InChI is InChI=1S/C12H12F2N4O3/c1-5(2)10(15)12-16-11(17-21-12)8-6(13)3-4-7(9(8)14)18(19)20/h3-5,10H,15H2,1-2H3/t10-/m1/s1.